The molecule has 0 N–H and O–H groups in total. The molecule has 1 rings (SSSR count). The third-order valence-electron chi connectivity index (χ3n) is 2.55. The lowest BCUT2D eigenvalue weighted by atomic mass is 10.2. The molecule has 0 atom stereocenters. The minimum absolute atomic E-state index is 0.0866. The number of likely N-dealkylation sites (N-methyl/N-ethyl adjacent to an activating group) is 1. The number of nitriles is 1. The van der Waals surface area contributed by atoms with Gasteiger partial charge in [-0.25, -0.2) is 0 Å². The minimum atomic E-state index is -0.108. The molecule has 0 unspecified atom stereocenters. The normalized spacial score (nSPS) is 9.67. The van der Waals surface area contributed by atoms with E-state index in [2.05, 4.69) is 0 Å². The summed E-state index contributed by atoms with van der Waals surface area (Å²) < 4.78 is 5.36. The van der Waals surface area contributed by atoms with Crippen LogP contribution in [0.1, 0.15) is 19.4 Å². The van der Waals surface area contributed by atoms with Crippen molar-refractivity contribution in [3.05, 3.63) is 28.8 Å². The predicted molar refractivity (Wildman–Crippen MR) is 69.6 cm³/mol. The number of rotatable bonds is 5. The molecule has 5 heteroatoms. The molecule has 0 aliphatic rings. The highest BCUT2D eigenvalue weighted by atomic mass is 35.5. The first kappa shape index (κ1) is 14.3. The zero-order valence-corrected chi connectivity index (χ0v) is 11.2. The fourth-order valence-electron chi connectivity index (χ4n) is 1.54. The van der Waals surface area contributed by atoms with Gasteiger partial charge in [-0.1, -0.05) is 17.7 Å². The molecule has 0 bridgehead atoms. The molecule has 18 heavy (non-hydrogen) atoms. The zero-order valence-electron chi connectivity index (χ0n) is 10.4. The van der Waals surface area contributed by atoms with Crippen LogP contribution in [0.15, 0.2) is 18.2 Å². The van der Waals surface area contributed by atoms with Crippen molar-refractivity contribution < 1.29 is 9.53 Å². The van der Waals surface area contributed by atoms with E-state index in [-0.39, 0.29) is 18.1 Å². The van der Waals surface area contributed by atoms with Gasteiger partial charge in [0.2, 0.25) is 0 Å². The van der Waals surface area contributed by atoms with E-state index in [1.165, 1.54) is 0 Å². The maximum absolute atomic E-state index is 11.7. The number of halogens is 1. The van der Waals surface area contributed by atoms with E-state index in [1.54, 1.807) is 23.1 Å². The predicted octanol–water partition coefficient (Wildman–Crippen LogP) is 2.46. The molecule has 1 aromatic rings. The van der Waals surface area contributed by atoms with Crippen molar-refractivity contribution >= 4 is 17.5 Å². The van der Waals surface area contributed by atoms with Gasteiger partial charge in [0.05, 0.1) is 5.02 Å². The van der Waals surface area contributed by atoms with Gasteiger partial charge in [-0.3, -0.25) is 4.79 Å². The first-order valence-corrected chi connectivity index (χ1v) is 6.11. The molecule has 0 aromatic heterocycles. The molecule has 4 nitrogen and oxygen atoms in total. The van der Waals surface area contributed by atoms with Crippen LogP contribution < -0.4 is 4.74 Å². The zero-order chi connectivity index (χ0) is 13.5. The van der Waals surface area contributed by atoms with Crippen molar-refractivity contribution in [3.63, 3.8) is 0 Å². The average molecular weight is 267 g/mol. The molecule has 0 aliphatic carbocycles. The van der Waals surface area contributed by atoms with Crippen LogP contribution in [-0.2, 0) is 4.79 Å². The molecule has 1 aromatic carbocycles. The molecule has 0 saturated heterocycles. The van der Waals surface area contributed by atoms with Crippen LogP contribution >= 0.6 is 11.6 Å². The van der Waals surface area contributed by atoms with Crippen molar-refractivity contribution in [3.8, 4) is 11.8 Å². The topological polar surface area (TPSA) is 53.3 Å². The number of carbonyl (C=O) groups is 1. The third kappa shape index (κ3) is 3.38. The summed E-state index contributed by atoms with van der Waals surface area (Å²) in [6.45, 7) is 5.00. The Hall–Kier alpha value is -1.73. The van der Waals surface area contributed by atoms with E-state index in [0.717, 1.165) is 0 Å². The van der Waals surface area contributed by atoms with Gasteiger partial charge in [0.1, 0.15) is 17.4 Å². The smallest absolute Gasteiger partial charge is 0.260 e. The van der Waals surface area contributed by atoms with Gasteiger partial charge in [0.25, 0.3) is 5.91 Å². The molecule has 96 valence electrons. The Morgan fingerprint density at radius 1 is 1.44 bits per heavy atom. The van der Waals surface area contributed by atoms with E-state index in [1.807, 2.05) is 19.9 Å². The summed E-state index contributed by atoms with van der Waals surface area (Å²) in [4.78, 5) is 13.4. The van der Waals surface area contributed by atoms with Crippen LogP contribution in [-0.4, -0.2) is 30.5 Å². The number of amides is 1. The standard InChI is InChI=1S/C13H15ClN2O2/c1-3-16(4-2)13(17)9-18-12-7-5-6-11(14)10(12)8-15/h5-7H,3-4,9H2,1-2H3. The number of benzene rings is 1. The first-order chi connectivity index (χ1) is 8.63. The van der Waals surface area contributed by atoms with E-state index in [4.69, 9.17) is 21.6 Å². The fraction of sp³-hybridized carbons (Fsp3) is 0.385. The lowest BCUT2D eigenvalue weighted by Crippen LogP contribution is -2.34. The summed E-state index contributed by atoms with van der Waals surface area (Å²) in [6.07, 6.45) is 0. The third-order valence-corrected chi connectivity index (χ3v) is 2.87. The lowest BCUT2D eigenvalue weighted by Gasteiger charge is -2.18. The van der Waals surface area contributed by atoms with Crippen LogP contribution in [0, 0.1) is 11.3 Å². The van der Waals surface area contributed by atoms with Gasteiger partial charge in [-0.15, -0.1) is 0 Å². The minimum Gasteiger partial charge on any atom is -0.482 e. The van der Waals surface area contributed by atoms with Crippen molar-refractivity contribution in [1.82, 2.24) is 4.90 Å². The Balaban J connectivity index is 2.73. The van der Waals surface area contributed by atoms with Gasteiger partial charge >= 0.3 is 0 Å². The highest BCUT2D eigenvalue weighted by molar-refractivity contribution is 6.31. The summed E-state index contributed by atoms with van der Waals surface area (Å²) in [6, 6.07) is 6.88. The number of carbonyl (C=O) groups excluding carboxylic acids is 1. The number of ether oxygens (including phenoxy) is 1. The Morgan fingerprint density at radius 3 is 2.67 bits per heavy atom. The van der Waals surface area contributed by atoms with Crippen molar-refractivity contribution in [2.24, 2.45) is 0 Å². The largest absolute Gasteiger partial charge is 0.482 e. The van der Waals surface area contributed by atoms with Gasteiger partial charge in [-0.2, -0.15) is 5.26 Å². The highest BCUT2D eigenvalue weighted by Crippen LogP contribution is 2.25. The van der Waals surface area contributed by atoms with Crippen LogP contribution in [0.3, 0.4) is 0 Å². The monoisotopic (exact) mass is 266 g/mol. The lowest BCUT2D eigenvalue weighted by molar-refractivity contribution is -0.132. The Bertz CT molecular complexity index is 465. The van der Waals surface area contributed by atoms with Crippen LogP contribution in [0.5, 0.6) is 5.75 Å². The number of nitrogens with zero attached hydrogens (tertiary/aromatic N) is 2. The fourth-order valence-corrected chi connectivity index (χ4v) is 1.75. The van der Waals surface area contributed by atoms with E-state index in [9.17, 15) is 4.79 Å². The highest BCUT2D eigenvalue weighted by Gasteiger charge is 2.13. The summed E-state index contributed by atoms with van der Waals surface area (Å²) in [5.74, 6) is 0.231. The quantitative estimate of drug-likeness (QED) is 0.823. The second kappa shape index (κ2) is 6.87. The summed E-state index contributed by atoms with van der Waals surface area (Å²) in [5, 5.41) is 9.28. The Morgan fingerprint density at radius 2 is 2.11 bits per heavy atom. The summed E-state index contributed by atoms with van der Waals surface area (Å²) >= 11 is 5.86. The van der Waals surface area contributed by atoms with E-state index in [0.29, 0.717) is 23.9 Å². The number of hydrogen-bond donors (Lipinski definition) is 0. The van der Waals surface area contributed by atoms with Crippen LogP contribution in [0.4, 0.5) is 0 Å². The molecular formula is C13H15ClN2O2. The average Bonchev–Trinajstić information content (AvgIpc) is 2.37. The maximum atomic E-state index is 11.7. The van der Waals surface area contributed by atoms with Gasteiger partial charge in [0.15, 0.2) is 6.61 Å². The molecule has 0 radical (unpaired) electrons. The van der Waals surface area contributed by atoms with Gasteiger partial charge in [-0.05, 0) is 26.0 Å². The second-order valence-corrected chi connectivity index (χ2v) is 3.99. The summed E-state index contributed by atoms with van der Waals surface area (Å²) in [7, 11) is 0. The van der Waals surface area contributed by atoms with Crippen molar-refractivity contribution in [2.75, 3.05) is 19.7 Å². The molecule has 0 saturated carbocycles. The Kier molecular flexibility index (Phi) is 5.47. The van der Waals surface area contributed by atoms with Gasteiger partial charge in [0, 0.05) is 13.1 Å². The molecular weight excluding hydrogens is 252 g/mol. The Labute approximate surface area is 112 Å². The number of hydrogen-bond acceptors (Lipinski definition) is 3. The molecule has 1 amide bonds. The molecule has 0 aliphatic heterocycles. The molecule has 0 heterocycles. The summed E-state index contributed by atoms with van der Waals surface area (Å²) in [5.41, 5.74) is 0.256. The van der Waals surface area contributed by atoms with Crippen LogP contribution in [0.25, 0.3) is 0 Å². The van der Waals surface area contributed by atoms with E-state index >= 15 is 0 Å². The molecule has 0 fully saturated rings. The van der Waals surface area contributed by atoms with Crippen molar-refractivity contribution in [2.45, 2.75) is 13.8 Å². The van der Waals surface area contributed by atoms with E-state index < -0.39 is 0 Å². The second-order valence-electron chi connectivity index (χ2n) is 3.58. The maximum Gasteiger partial charge on any atom is 0.260 e. The molecule has 0 spiro atoms. The van der Waals surface area contributed by atoms with Crippen LogP contribution in [0.2, 0.25) is 5.02 Å². The first-order valence-electron chi connectivity index (χ1n) is 5.73. The van der Waals surface area contributed by atoms with Gasteiger partial charge < -0.3 is 9.64 Å². The SMILES string of the molecule is CCN(CC)C(=O)COc1cccc(Cl)c1C#N. The van der Waals surface area contributed by atoms with Crippen molar-refractivity contribution in [1.29, 1.82) is 5.26 Å².